The van der Waals surface area contributed by atoms with Crippen LogP contribution in [0, 0.1) is 11.8 Å². The molecule has 1 saturated heterocycles. The van der Waals surface area contributed by atoms with E-state index in [1.54, 1.807) is 0 Å². The molecule has 1 aliphatic heterocycles. The van der Waals surface area contributed by atoms with Gasteiger partial charge < -0.3 is 14.4 Å². The van der Waals surface area contributed by atoms with Crippen LogP contribution in [0.3, 0.4) is 0 Å². The Labute approximate surface area is 161 Å². The first-order valence-corrected chi connectivity index (χ1v) is 10.9. The van der Waals surface area contributed by atoms with E-state index >= 15 is 0 Å². The summed E-state index contributed by atoms with van der Waals surface area (Å²) in [6.07, 6.45) is 5.98. The number of amides is 1. The van der Waals surface area contributed by atoms with E-state index in [0.717, 1.165) is 25.4 Å². The average molecular weight is 397 g/mol. The fourth-order valence-electron chi connectivity index (χ4n) is 4.16. The van der Waals surface area contributed by atoms with Crippen LogP contribution in [0.1, 0.15) is 32.1 Å². The topological polar surface area (TPSA) is 84.9 Å². The Morgan fingerprint density at radius 1 is 1.11 bits per heavy atom. The minimum atomic E-state index is -3.81. The first kappa shape index (κ1) is 19.9. The fraction of sp³-hybridized carbons (Fsp3) is 0.632. The minimum absolute atomic E-state index is 0.0407. The van der Waals surface area contributed by atoms with Crippen molar-refractivity contribution in [3.8, 4) is 11.5 Å². The summed E-state index contributed by atoms with van der Waals surface area (Å²) in [7, 11) is -0.879. The van der Waals surface area contributed by atoms with E-state index in [1.807, 2.05) is 4.90 Å². The summed E-state index contributed by atoms with van der Waals surface area (Å²) in [5.74, 6) is 1.90. The highest BCUT2D eigenvalue weighted by atomic mass is 32.2. The van der Waals surface area contributed by atoms with Gasteiger partial charge in [0.25, 0.3) is 0 Å². The summed E-state index contributed by atoms with van der Waals surface area (Å²) in [5, 5.41) is 0. The number of nitrogens with zero attached hydrogens (tertiary/aromatic N) is 1. The van der Waals surface area contributed by atoms with Gasteiger partial charge in [-0.25, -0.2) is 13.1 Å². The fourth-order valence-corrected chi connectivity index (χ4v) is 5.15. The van der Waals surface area contributed by atoms with E-state index in [9.17, 15) is 13.2 Å². The molecule has 1 aromatic rings. The van der Waals surface area contributed by atoms with Crippen LogP contribution in [0.4, 0.5) is 0 Å². The molecule has 7 nitrogen and oxygen atoms in total. The standard InChI is InChI=1S/C19H28N2O5S/c1-25-17-8-7-16(11-18(17)26-2)27(23,24)20-12-19(22)21-10-9-14-5-3-4-6-15(14)13-21/h7-8,11,14-15,20H,3-6,9-10,12-13H2,1-2H3/t14-,15-/m0/s1. The zero-order valence-electron chi connectivity index (χ0n) is 15.9. The quantitative estimate of drug-likeness (QED) is 0.795. The number of nitrogens with one attached hydrogen (secondary N) is 1. The lowest BCUT2D eigenvalue weighted by atomic mass is 9.75. The molecule has 2 aliphatic rings. The number of fused-ring (bicyclic) bond motifs is 1. The highest BCUT2D eigenvalue weighted by Crippen LogP contribution is 2.36. The zero-order valence-corrected chi connectivity index (χ0v) is 16.8. The molecule has 1 N–H and O–H groups in total. The second-order valence-electron chi connectivity index (χ2n) is 7.27. The molecular weight excluding hydrogens is 368 g/mol. The van der Waals surface area contributed by atoms with Gasteiger partial charge in [-0.2, -0.15) is 0 Å². The summed E-state index contributed by atoms with van der Waals surface area (Å²) < 4.78 is 37.8. The molecule has 1 amide bonds. The van der Waals surface area contributed by atoms with Crippen LogP contribution in [-0.2, 0) is 14.8 Å². The van der Waals surface area contributed by atoms with Crippen LogP contribution >= 0.6 is 0 Å². The van der Waals surface area contributed by atoms with Gasteiger partial charge in [0, 0.05) is 19.2 Å². The smallest absolute Gasteiger partial charge is 0.241 e. The molecule has 8 heteroatoms. The Morgan fingerprint density at radius 3 is 2.52 bits per heavy atom. The van der Waals surface area contributed by atoms with E-state index in [-0.39, 0.29) is 17.3 Å². The maximum atomic E-state index is 12.5. The molecule has 150 valence electrons. The average Bonchev–Trinajstić information content (AvgIpc) is 2.71. The van der Waals surface area contributed by atoms with Gasteiger partial charge in [-0.3, -0.25) is 4.79 Å². The predicted molar refractivity (Wildman–Crippen MR) is 101 cm³/mol. The number of piperidine rings is 1. The second-order valence-corrected chi connectivity index (χ2v) is 9.04. The molecule has 1 heterocycles. The number of ether oxygens (including phenoxy) is 2. The molecule has 1 aliphatic carbocycles. The number of carbonyl (C=O) groups is 1. The lowest BCUT2D eigenvalue weighted by Crippen LogP contribution is -2.48. The molecule has 1 saturated carbocycles. The largest absolute Gasteiger partial charge is 0.493 e. The van der Waals surface area contributed by atoms with Crippen molar-refractivity contribution in [3.63, 3.8) is 0 Å². The van der Waals surface area contributed by atoms with Crippen molar-refractivity contribution in [1.29, 1.82) is 0 Å². The maximum absolute atomic E-state index is 12.5. The molecule has 0 spiro atoms. The first-order chi connectivity index (χ1) is 12.9. The third kappa shape index (κ3) is 4.55. The Bertz CT molecular complexity index is 780. The number of benzene rings is 1. The summed E-state index contributed by atoms with van der Waals surface area (Å²) in [5.41, 5.74) is 0. The molecule has 27 heavy (non-hydrogen) atoms. The summed E-state index contributed by atoms with van der Waals surface area (Å²) in [4.78, 5) is 14.4. The van der Waals surface area contributed by atoms with Crippen molar-refractivity contribution < 1.29 is 22.7 Å². The van der Waals surface area contributed by atoms with Crippen molar-refractivity contribution >= 4 is 15.9 Å². The van der Waals surface area contributed by atoms with Crippen molar-refractivity contribution in [2.75, 3.05) is 33.9 Å². The van der Waals surface area contributed by atoms with Crippen molar-refractivity contribution in [2.24, 2.45) is 11.8 Å². The van der Waals surface area contributed by atoms with E-state index in [0.29, 0.717) is 17.4 Å². The molecule has 2 fully saturated rings. The lowest BCUT2D eigenvalue weighted by Gasteiger charge is -2.41. The van der Waals surface area contributed by atoms with Crippen molar-refractivity contribution in [3.05, 3.63) is 18.2 Å². The SMILES string of the molecule is COc1ccc(S(=O)(=O)NCC(=O)N2CC[C@@H]3CCCC[C@H]3C2)cc1OC. The molecule has 0 unspecified atom stereocenters. The predicted octanol–water partition coefficient (Wildman–Crippen LogP) is 2.02. The Balaban J connectivity index is 1.60. The van der Waals surface area contributed by atoms with Gasteiger partial charge in [-0.05, 0) is 36.8 Å². The van der Waals surface area contributed by atoms with Gasteiger partial charge in [-0.15, -0.1) is 0 Å². The number of hydrogen-bond acceptors (Lipinski definition) is 5. The number of hydrogen-bond donors (Lipinski definition) is 1. The van der Waals surface area contributed by atoms with E-state index in [1.165, 1.54) is 58.1 Å². The third-order valence-electron chi connectivity index (χ3n) is 5.72. The number of rotatable bonds is 6. The molecule has 1 aromatic carbocycles. The zero-order chi connectivity index (χ0) is 19.4. The summed E-state index contributed by atoms with van der Waals surface area (Å²) in [6.45, 7) is 1.24. The van der Waals surface area contributed by atoms with Crippen LogP contribution < -0.4 is 14.2 Å². The van der Waals surface area contributed by atoms with Crippen molar-refractivity contribution in [2.45, 2.75) is 37.0 Å². The number of carbonyl (C=O) groups excluding carboxylic acids is 1. The molecule has 0 aromatic heterocycles. The molecule has 3 rings (SSSR count). The third-order valence-corrected chi connectivity index (χ3v) is 7.12. The number of sulfonamides is 1. The maximum Gasteiger partial charge on any atom is 0.241 e. The van der Waals surface area contributed by atoms with Crippen LogP contribution in [0.25, 0.3) is 0 Å². The van der Waals surface area contributed by atoms with E-state index < -0.39 is 10.0 Å². The Kier molecular flexibility index (Phi) is 6.26. The van der Waals surface area contributed by atoms with Gasteiger partial charge in [-0.1, -0.05) is 19.3 Å². The molecule has 2 atom stereocenters. The summed E-state index contributed by atoms with van der Waals surface area (Å²) in [6, 6.07) is 4.35. The monoisotopic (exact) mass is 396 g/mol. The second kappa shape index (κ2) is 8.48. The summed E-state index contributed by atoms with van der Waals surface area (Å²) >= 11 is 0. The molecular formula is C19H28N2O5S. The van der Waals surface area contributed by atoms with Gasteiger partial charge in [0.1, 0.15) is 0 Å². The van der Waals surface area contributed by atoms with Crippen molar-refractivity contribution in [1.82, 2.24) is 9.62 Å². The Hall–Kier alpha value is -1.80. The van der Waals surface area contributed by atoms with Crippen LogP contribution in [0.2, 0.25) is 0 Å². The highest BCUT2D eigenvalue weighted by Gasteiger charge is 2.33. The van der Waals surface area contributed by atoms with Crippen LogP contribution in [0.5, 0.6) is 11.5 Å². The van der Waals surface area contributed by atoms with Crippen LogP contribution in [-0.4, -0.2) is 53.1 Å². The van der Waals surface area contributed by atoms with Crippen LogP contribution in [0.15, 0.2) is 23.1 Å². The molecule has 0 bridgehead atoms. The Morgan fingerprint density at radius 2 is 1.81 bits per heavy atom. The van der Waals surface area contributed by atoms with Gasteiger partial charge in [0.2, 0.25) is 15.9 Å². The lowest BCUT2D eigenvalue weighted by molar-refractivity contribution is -0.133. The van der Waals surface area contributed by atoms with Gasteiger partial charge >= 0.3 is 0 Å². The van der Waals surface area contributed by atoms with E-state index in [2.05, 4.69) is 4.72 Å². The highest BCUT2D eigenvalue weighted by molar-refractivity contribution is 7.89. The van der Waals surface area contributed by atoms with Gasteiger partial charge in [0.15, 0.2) is 11.5 Å². The number of likely N-dealkylation sites (tertiary alicyclic amines) is 1. The minimum Gasteiger partial charge on any atom is -0.493 e. The number of methoxy groups -OCH3 is 2. The van der Waals surface area contributed by atoms with Gasteiger partial charge in [0.05, 0.1) is 25.7 Å². The van der Waals surface area contributed by atoms with E-state index in [4.69, 9.17) is 9.47 Å². The molecule has 0 radical (unpaired) electrons. The normalized spacial score (nSPS) is 22.8. The first-order valence-electron chi connectivity index (χ1n) is 9.44.